The van der Waals surface area contributed by atoms with Crippen molar-refractivity contribution in [3.05, 3.63) is 35.6 Å². The second kappa shape index (κ2) is 11.1. The van der Waals surface area contributed by atoms with Crippen LogP contribution in [-0.4, -0.2) is 56.8 Å². The van der Waals surface area contributed by atoms with Crippen LogP contribution in [0.1, 0.15) is 32.3 Å². The average Bonchev–Trinajstić information content (AvgIpc) is 2.68. The molecule has 2 rings (SSSR count). The van der Waals surface area contributed by atoms with Crippen molar-refractivity contribution in [3.63, 3.8) is 0 Å². The Balaban J connectivity index is 1.91. The lowest BCUT2D eigenvalue weighted by Gasteiger charge is -2.39. The molecule has 1 aromatic rings. The number of hydrogen-bond acceptors (Lipinski definition) is 3. The molecule has 2 N–H and O–H groups in total. The number of benzene rings is 1. The van der Waals surface area contributed by atoms with Crippen LogP contribution in [0, 0.1) is 11.7 Å². The van der Waals surface area contributed by atoms with Gasteiger partial charge in [0.05, 0.1) is 13.2 Å². The van der Waals surface area contributed by atoms with Crippen LogP contribution < -0.4 is 10.6 Å². The van der Waals surface area contributed by atoms with E-state index in [2.05, 4.69) is 34.4 Å². The molecule has 146 valence electrons. The van der Waals surface area contributed by atoms with Crippen LogP contribution in [0.3, 0.4) is 0 Å². The second-order valence-electron chi connectivity index (χ2n) is 6.73. The van der Waals surface area contributed by atoms with Gasteiger partial charge in [0.1, 0.15) is 5.82 Å². The van der Waals surface area contributed by atoms with E-state index in [1.165, 1.54) is 6.07 Å². The minimum atomic E-state index is -0.214. The van der Waals surface area contributed by atoms with Crippen LogP contribution in [-0.2, 0) is 11.3 Å². The summed E-state index contributed by atoms with van der Waals surface area (Å²) >= 11 is 0. The Kier molecular flexibility index (Phi) is 8.85. The van der Waals surface area contributed by atoms with Crippen molar-refractivity contribution in [1.82, 2.24) is 15.5 Å². The van der Waals surface area contributed by atoms with Gasteiger partial charge in [-0.05, 0) is 23.6 Å². The maximum Gasteiger partial charge on any atom is 0.191 e. The Hall–Kier alpha value is -1.66. The average molecular weight is 365 g/mol. The van der Waals surface area contributed by atoms with Gasteiger partial charge in [0.15, 0.2) is 5.96 Å². The van der Waals surface area contributed by atoms with Crippen LogP contribution >= 0.6 is 0 Å². The third kappa shape index (κ3) is 6.25. The number of nitrogens with zero attached hydrogens (tertiary/aromatic N) is 2. The number of morpholine rings is 1. The van der Waals surface area contributed by atoms with Gasteiger partial charge in [-0.2, -0.15) is 0 Å². The molecule has 26 heavy (non-hydrogen) atoms. The maximum absolute atomic E-state index is 13.3. The number of guanidine groups is 1. The van der Waals surface area contributed by atoms with E-state index in [1.54, 1.807) is 19.2 Å². The molecule has 1 saturated heterocycles. The highest BCUT2D eigenvalue weighted by Gasteiger charge is 2.26. The van der Waals surface area contributed by atoms with Gasteiger partial charge < -0.3 is 15.4 Å². The molecule has 5 nitrogen and oxygen atoms in total. The van der Waals surface area contributed by atoms with Gasteiger partial charge in [-0.3, -0.25) is 9.89 Å². The standard InChI is InChI=1S/C20H33FN4O/c1-4-17(5-2)19(25-9-11-26-12-10-25)15-24-20(22-3)23-14-16-7-6-8-18(21)13-16/h6-8,13,17,19H,4-5,9-12,14-15H2,1-3H3,(H2,22,23,24). The van der Waals surface area contributed by atoms with Gasteiger partial charge in [-0.25, -0.2) is 4.39 Å². The zero-order chi connectivity index (χ0) is 18.8. The van der Waals surface area contributed by atoms with Gasteiger partial charge >= 0.3 is 0 Å². The molecular formula is C20H33FN4O. The number of hydrogen-bond donors (Lipinski definition) is 2. The Bertz CT molecular complexity index is 556. The Labute approximate surface area is 157 Å². The first-order valence-electron chi connectivity index (χ1n) is 9.68. The quantitative estimate of drug-likeness (QED) is 0.550. The first-order valence-corrected chi connectivity index (χ1v) is 9.68. The third-order valence-electron chi connectivity index (χ3n) is 5.16. The van der Waals surface area contributed by atoms with Crippen LogP contribution in [0.4, 0.5) is 4.39 Å². The lowest BCUT2D eigenvalue weighted by atomic mass is 9.92. The molecule has 0 aromatic heterocycles. The highest BCUT2D eigenvalue weighted by atomic mass is 19.1. The molecule has 6 heteroatoms. The van der Waals surface area contributed by atoms with Crippen LogP contribution in [0.5, 0.6) is 0 Å². The Morgan fingerprint density at radius 3 is 2.58 bits per heavy atom. The summed E-state index contributed by atoms with van der Waals surface area (Å²) in [5.74, 6) is 1.17. The monoisotopic (exact) mass is 364 g/mol. The van der Waals surface area contributed by atoms with Crippen molar-refractivity contribution in [2.75, 3.05) is 39.9 Å². The van der Waals surface area contributed by atoms with E-state index in [-0.39, 0.29) is 5.82 Å². The third-order valence-corrected chi connectivity index (χ3v) is 5.16. The molecule has 1 aromatic carbocycles. The summed E-state index contributed by atoms with van der Waals surface area (Å²) in [4.78, 5) is 6.85. The predicted molar refractivity (Wildman–Crippen MR) is 105 cm³/mol. The van der Waals surface area contributed by atoms with Gasteiger partial charge in [0, 0.05) is 39.3 Å². The molecular weight excluding hydrogens is 331 g/mol. The SMILES string of the molecule is CCC(CC)C(CNC(=NC)NCc1cccc(F)c1)N1CCOCC1. The van der Waals surface area contributed by atoms with E-state index < -0.39 is 0 Å². The molecule has 0 radical (unpaired) electrons. The largest absolute Gasteiger partial charge is 0.379 e. The molecule has 0 saturated carbocycles. The van der Waals surface area contributed by atoms with Gasteiger partial charge in [-0.15, -0.1) is 0 Å². The zero-order valence-electron chi connectivity index (χ0n) is 16.3. The van der Waals surface area contributed by atoms with Gasteiger partial charge in [0.25, 0.3) is 0 Å². The van der Waals surface area contributed by atoms with Crippen molar-refractivity contribution in [3.8, 4) is 0 Å². The van der Waals surface area contributed by atoms with Crippen LogP contribution in [0.15, 0.2) is 29.3 Å². The highest BCUT2D eigenvalue weighted by Crippen LogP contribution is 2.19. The highest BCUT2D eigenvalue weighted by molar-refractivity contribution is 5.79. The number of ether oxygens (including phenoxy) is 1. The molecule has 1 heterocycles. The fraction of sp³-hybridized carbons (Fsp3) is 0.650. The minimum absolute atomic E-state index is 0.214. The van der Waals surface area contributed by atoms with Crippen molar-refractivity contribution < 1.29 is 9.13 Å². The molecule has 1 aliphatic rings. The fourth-order valence-electron chi connectivity index (χ4n) is 3.59. The van der Waals surface area contributed by atoms with E-state index >= 15 is 0 Å². The van der Waals surface area contributed by atoms with Crippen LogP contribution in [0.25, 0.3) is 0 Å². The van der Waals surface area contributed by atoms with E-state index in [4.69, 9.17) is 4.74 Å². The summed E-state index contributed by atoms with van der Waals surface area (Å²) < 4.78 is 18.8. The van der Waals surface area contributed by atoms with Crippen LogP contribution in [0.2, 0.25) is 0 Å². The van der Waals surface area contributed by atoms with Crippen molar-refractivity contribution >= 4 is 5.96 Å². The van der Waals surface area contributed by atoms with Gasteiger partial charge in [-0.1, -0.05) is 38.8 Å². The van der Waals surface area contributed by atoms with E-state index in [9.17, 15) is 4.39 Å². The van der Waals surface area contributed by atoms with Crippen molar-refractivity contribution in [2.24, 2.45) is 10.9 Å². The maximum atomic E-state index is 13.3. The summed E-state index contributed by atoms with van der Waals surface area (Å²) in [5, 5.41) is 6.74. The molecule has 1 aliphatic heterocycles. The second-order valence-corrected chi connectivity index (χ2v) is 6.73. The first-order chi connectivity index (χ1) is 12.7. The molecule has 1 fully saturated rings. The summed E-state index contributed by atoms with van der Waals surface area (Å²) in [7, 11) is 1.77. The summed E-state index contributed by atoms with van der Waals surface area (Å²) in [6, 6.07) is 7.09. The lowest BCUT2D eigenvalue weighted by molar-refractivity contribution is 0.00272. The summed E-state index contributed by atoms with van der Waals surface area (Å²) in [6.07, 6.45) is 2.32. The van der Waals surface area contributed by atoms with Gasteiger partial charge in [0.2, 0.25) is 0 Å². The smallest absolute Gasteiger partial charge is 0.191 e. The molecule has 1 atom stereocenters. The molecule has 0 bridgehead atoms. The summed E-state index contributed by atoms with van der Waals surface area (Å²) in [6.45, 7) is 9.50. The lowest BCUT2D eigenvalue weighted by Crippen LogP contribution is -2.53. The Morgan fingerprint density at radius 1 is 1.23 bits per heavy atom. The number of aliphatic imine (C=N–C) groups is 1. The Morgan fingerprint density at radius 2 is 1.96 bits per heavy atom. The topological polar surface area (TPSA) is 48.9 Å². The zero-order valence-corrected chi connectivity index (χ0v) is 16.3. The minimum Gasteiger partial charge on any atom is -0.379 e. The number of halogens is 1. The number of rotatable bonds is 8. The molecule has 0 spiro atoms. The van der Waals surface area contributed by atoms with Crippen molar-refractivity contribution in [1.29, 1.82) is 0 Å². The molecule has 0 amide bonds. The molecule has 1 unspecified atom stereocenters. The first kappa shape index (κ1) is 20.6. The number of nitrogens with one attached hydrogen (secondary N) is 2. The normalized spacial score (nSPS) is 17.3. The van der Waals surface area contributed by atoms with E-state index in [0.717, 1.165) is 57.2 Å². The molecule has 0 aliphatic carbocycles. The summed E-state index contributed by atoms with van der Waals surface area (Å²) in [5.41, 5.74) is 0.901. The van der Waals surface area contributed by atoms with E-state index in [1.807, 2.05) is 6.07 Å². The fourth-order valence-corrected chi connectivity index (χ4v) is 3.59. The van der Waals surface area contributed by atoms with E-state index in [0.29, 0.717) is 18.5 Å². The van der Waals surface area contributed by atoms with Crippen molar-refractivity contribution in [2.45, 2.75) is 39.3 Å². The predicted octanol–water partition coefficient (Wildman–Crippen LogP) is 2.63.